The summed E-state index contributed by atoms with van der Waals surface area (Å²) in [7, 11) is 1.68. The van der Waals surface area contributed by atoms with Crippen LogP contribution in [0.5, 0.6) is 17.2 Å². The first-order chi connectivity index (χ1) is 15.1. The van der Waals surface area contributed by atoms with Gasteiger partial charge in [-0.15, -0.1) is 0 Å². The van der Waals surface area contributed by atoms with Gasteiger partial charge in [-0.1, -0.05) is 41.9 Å². The molecule has 3 aromatic rings. The molecule has 0 atom stereocenters. The van der Waals surface area contributed by atoms with Crippen LogP contribution in [0.25, 0.3) is 0 Å². The van der Waals surface area contributed by atoms with Crippen molar-refractivity contribution in [3.8, 4) is 17.2 Å². The van der Waals surface area contributed by atoms with E-state index in [2.05, 4.69) is 11.4 Å². The summed E-state index contributed by atoms with van der Waals surface area (Å²) in [5, 5.41) is 4.02. The Bertz CT molecular complexity index is 979. The lowest BCUT2D eigenvalue weighted by Gasteiger charge is -2.15. The molecule has 0 heterocycles. The van der Waals surface area contributed by atoms with Gasteiger partial charge < -0.3 is 19.5 Å². The van der Waals surface area contributed by atoms with Gasteiger partial charge in [0.15, 0.2) is 11.5 Å². The highest BCUT2D eigenvalue weighted by atomic mass is 35.5. The quantitative estimate of drug-likeness (QED) is 0.380. The summed E-state index contributed by atoms with van der Waals surface area (Å²) in [5.41, 5.74) is 2.95. The number of para-hydroxylation sites is 1. The Morgan fingerprint density at radius 2 is 1.65 bits per heavy atom. The number of rotatable bonds is 11. The van der Waals surface area contributed by atoms with Gasteiger partial charge in [-0.25, -0.2) is 4.39 Å². The van der Waals surface area contributed by atoms with Crippen molar-refractivity contribution in [2.45, 2.75) is 26.5 Å². The molecule has 0 spiro atoms. The molecular weight excluding hydrogens is 417 g/mol. The molecule has 164 valence electrons. The van der Waals surface area contributed by atoms with Gasteiger partial charge in [0.1, 0.15) is 18.2 Å². The van der Waals surface area contributed by atoms with Crippen LogP contribution >= 0.6 is 11.6 Å². The van der Waals surface area contributed by atoms with Gasteiger partial charge in [0.2, 0.25) is 0 Å². The molecule has 1 N–H and O–H groups in total. The molecule has 0 saturated carbocycles. The molecule has 0 bridgehead atoms. The monoisotopic (exact) mass is 443 g/mol. The average Bonchev–Trinajstić information content (AvgIpc) is 2.78. The van der Waals surface area contributed by atoms with E-state index in [1.807, 2.05) is 31.2 Å². The SMILES string of the molecule is CCOc1cc(CNCCc2ccccc2OC)c(Cl)cc1OCc1ccc(F)cc1. The summed E-state index contributed by atoms with van der Waals surface area (Å²) in [4.78, 5) is 0. The molecule has 0 aliphatic rings. The largest absolute Gasteiger partial charge is 0.496 e. The zero-order chi connectivity index (χ0) is 22.1. The van der Waals surface area contributed by atoms with Crippen LogP contribution in [-0.2, 0) is 19.6 Å². The zero-order valence-electron chi connectivity index (χ0n) is 17.8. The number of halogens is 2. The number of methoxy groups -OCH3 is 1. The first-order valence-electron chi connectivity index (χ1n) is 10.3. The first kappa shape index (κ1) is 22.9. The highest BCUT2D eigenvalue weighted by Crippen LogP contribution is 2.34. The molecule has 0 radical (unpaired) electrons. The lowest BCUT2D eigenvalue weighted by atomic mass is 10.1. The lowest BCUT2D eigenvalue weighted by molar-refractivity contribution is 0.269. The molecule has 31 heavy (non-hydrogen) atoms. The van der Waals surface area contributed by atoms with E-state index in [-0.39, 0.29) is 5.82 Å². The molecule has 3 rings (SSSR count). The Labute approximate surface area is 187 Å². The van der Waals surface area contributed by atoms with E-state index in [0.717, 1.165) is 35.4 Å². The number of ether oxygens (including phenoxy) is 3. The van der Waals surface area contributed by atoms with E-state index in [4.69, 9.17) is 25.8 Å². The third-order valence-electron chi connectivity index (χ3n) is 4.80. The summed E-state index contributed by atoms with van der Waals surface area (Å²) < 4.78 is 30.1. The summed E-state index contributed by atoms with van der Waals surface area (Å²) >= 11 is 6.50. The predicted molar refractivity (Wildman–Crippen MR) is 122 cm³/mol. The Balaban J connectivity index is 1.61. The number of hydrogen-bond donors (Lipinski definition) is 1. The van der Waals surface area contributed by atoms with Gasteiger partial charge in [0.05, 0.1) is 13.7 Å². The van der Waals surface area contributed by atoms with E-state index < -0.39 is 0 Å². The van der Waals surface area contributed by atoms with Gasteiger partial charge in [0, 0.05) is 17.6 Å². The molecule has 0 aliphatic carbocycles. The third kappa shape index (κ3) is 6.61. The Morgan fingerprint density at radius 3 is 2.39 bits per heavy atom. The van der Waals surface area contributed by atoms with Crippen molar-refractivity contribution in [2.24, 2.45) is 0 Å². The van der Waals surface area contributed by atoms with Crippen LogP contribution in [0.3, 0.4) is 0 Å². The topological polar surface area (TPSA) is 39.7 Å². The normalized spacial score (nSPS) is 10.7. The van der Waals surface area contributed by atoms with Crippen molar-refractivity contribution >= 4 is 11.6 Å². The second kappa shape index (κ2) is 11.6. The number of benzene rings is 3. The number of hydrogen-bond acceptors (Lipinski definition) is 4. The predicted octanol–water partition coefficient (Wildman–Crippen LogP) is 5.80. The van der Waals surface area contributed by atoms with Gasteiger partial charge in [0.25, 0.3) is 0 Å². The lowest BCUT2D eigenvalue weighted by Crippen LogP contribution is -2.17. The van der Waals surface area contributed by atoms with E-state index in [1.54, 1.807) is 25.3 Å². The maximum atomic E-state index is 13.1. The minimum Gasteiger partial charge on any atom is -0.496 e. The van der Waals surface area contributed by atoms with Crippen LogP contribution in [0.1, 0.15) is 23.6 Å². The number of nitrogens with one attached hydrogen (secondary N) is 1. The minimum absolute atomic E-state index is 0.274. The summed E-state index contributed by atoms with van der Waals surface area (Å²) in [5.74, 6) is 1.82. The van der Waals surface area contributed by atoms with Gasteiger partial charge >= 0.3 is 0 Å². The third-order valence-corrected chi connectivity index (χ3v) is 5.15. The summed E-state index contributed by atoms with van der Waals surface area (Å²) in [6.45, 7) is 4.11. The molecule has 0 aliphatic heterocycles. The maximum absolute atomic E-state index is 13.1. The second-order valence-corrected chi connectivity index (χ2v) is 7.38. The van der Waals surface area contributed by atoms with E-state index in [9.17, 15) is 4.39 Å². The molecule has 0 amide bonds. The highest BCUT2D eigenvalue weighted by molar-refractivity contribution is 6.31. The van der Waals surface area contributed by atoms with E-state index in [1.165, 1.54) is 12.1 Å². The van der Waals surface area contributed by atoms with E-state index >= 15 is 0 Å². The van der Waals surface area contributed by atoms with Crippen LogP contribution in [0, 0.1) is 5.82 Å². The van der Waals surface area contributed by atoms with E-state index in [0.29, 0.717) is 36.3 Å². The van der Waals surface area contributed by atoms with Crippen LogP contribution in [0.15, 0.2) is 60.7 Å². The molecular formula is C25H27ClFNO3. The first-order valence-corrected chi connectivity index (χ1v) is 10.6. The summed E-state index contributed by atoms with van der Waals surface area (Å²) in [6.07, 6.45) is 0.846. The molecule has 0 aromatic heterocycles. The Kier molecular flexibility index (Phi) is 8.56. The maximum Gasteiger partial charge on any atom is 0.163 e. The van der Waals surface area contributed by atoms with Crippen LogP contribution in [0.4, 0.5) is 4.39 Å². The molecule has 0 fully saturated rings. The van der Waals surface area contributed by atoms with Crippen LogP contribution in [0.2, 0.25) is 5.02 Å². The van der Waals surface area contributed by atoms with Crippen molar-refractivity contribution < 1.29 is 18.6 Å². The van der Waals surface area contributed by atoms with Crippen LogP contribution < -0.4 is 19.5 Å². The minimum atomic E-state index is -0.274. The summed E-state index contributed by atoms with van der Waals surface area (Å²) in [6, 6.07) is 17.9. The van der Waals surface area contributed by atoms with Gasteiger partial charge in [-0.05, 0) is 60.8 Å². The van der Waals surface area contributed by atoms with Crippen molar-refractivity contribution in [3.63, 3.8) is 0 Å². The standard InChI is InChI=1S/C25H27ClFNO3/c1-3-30-24-14-20(16-28-13-12-19-6-4-5-7-23(19)29-2)22(26)15-25(24)31-17-18-8-10-21(27)11-9-18/h4-11,14-15,28H,3,12-13,16-17H2,1-2H3. The zero-order valence-corrected chi connectivity index (χ0v) is 18.5. The van der Waals surface area contributed by atoms with Gasteiger partial charge in [-0.2, -0.15) is 0 Å². The molecule has 0 saturated heterocycles. The molecule has 6 heteroatoms. The fraction of sp³-hybridized carbons (Fsp3) is 0.280. The van der Waals surface area contributed by atoms with Crippen molar-refractivity contribution in [1.29, 1.82) is 0 Å². The van der Waals surface area contributed by atoms with Crippen LogP contribution in [-0.4, -0.2) is 20.3 Å². The Hall–Kier alpha value is -2.76. The highest BCUT2D eigenvalue weighted by Gasteiger charge is 2.12. The Morgan fingerprint density at radius 1 is 0.903 bits per heavy atom. The average molecular weight is 444 g/mol. The fourth-order valence-corrected chi connectivity index (χ4v) is 3.41. The van der Waals surface area contributed by atoms with Crippen molar-refractivity contribution in [3.05, 3.63) is 88.2 Å². The van der Waals surface area contributed by atoms with Crippen molar-refractivity contribution in [2.75, 3.05) is 20.3 Å². The van der Waals surface area contributed by atoms with Gasteiger partial charge in [-0.3, -0.25) is 0 Å². The van der Waals surface area contributed by atoms with Crippen molar-refractivity contribution in [1.82, 2.24) is 5.32 Å². The fourth-order valence-electron chi connectivity index (χ4n) is 3.19. The molecule has 3 aromatic carbocycles. The smallest absolute Gasteiger partial charge is 0.163 e. The second-order valence-electron chi connectivity index (χ2n) is 6.98. The molecule has 4 nitrogen and oxygen atoms in total. The molecule has 0 unspecified atom stereocenters.